The van der Waals surface area contributed by atoms with Gasteiger partial charge in [0.05, 0.1) is 5.57 Å². The van der Waals surface area contributed by atoms with Crippen molar-refractivity contribution in [3.05, 3.63) is 42.1 Å². The summed E-state index contributed by atoms with van der Waals surface area (Å²) in [6.45, 7) is 4.03. The normalized spacial score (nSPS) is 16.9. The van der Waals surface area contributed by atoms with Crippen molar-refractivity contribution in [1.29, 1.82) is 0 Å². The second kappa shape index (κ2) is 6.19. The third-order valence-electron chi connectivity index (χ3n) is 2.79. The van der Waals surface area contributed by atoms with Gasteiger partial charge in [-0.15, -0.1) is 0 Å². The molecule has 0 saturated carbocycles. The Bertz CT molecular complexity index is 584. The quantitative estimate of drug-likeness (QED) is 0.488. The average molecular weight is 306 g/mol. The third kappa shape index (κ3) is 2.91. The summed E-state index contributed by atoms with van der Waals surface area (Å²) < 4.78 is 1.74. The molecule has 0 unspecified atom stereocenters. The molecule has 0 bridgehead atoms. The molecule has 1 saturated heterocycles. The van der Waals surface area contributed by atoms with Crippen LogP contribution in [0.2, 0.25) is 0 Å². The van der Waals surface area contributed by atoms with E-state index in [9.17, 15) is 9.59 Å². The summed E-state index contributed by atoms with van der Waals surface area (Å²) in [5.41, 5.74) is 1.11. The summed E-state index contributed by atoms with van der Waals surface area (Å²) in [4.78, 5) is 25.7. The van der Waals surface area contributed by atoms with Crippen molar-refractivity contribution < 1.29 is 9.59 Å². The molecule has 1 aliphatic heterocycles. The largest absolute Gasteiger partial charge is 0.300 e. The van der Waals surface area contributed by atoms with E-state index in [1.165, 1.54) is 18.0 Å². The Kier molecular flexibility index (Phi) is 4.57. The molecule has 20 heavy (non-hydrogen) atoms. The van der Waals surface area contributed by atoms with Gasteiger partial charge in [-0.25, -0.2) is 0 Å². The number of rotatable bonds is 3. The highest BCUT2D eigenvalue weighted by Gasteiger charge is 2.31. The monoisotopic (exact) mass is 306 g/mol. The van der Waals surface area contributed by atoms with Gasteiger partial charge in [0.1, 0.15) is 4.99 Å². The fourth-order valence-corrected chi connectivity index (χ4v) is 3.00. The molecule has 0 spiro atoms. The van der Waals surface area contributed by atoms with Gasteiger partial charge in [0.25, 0.3) is 0 Å². The number of carbonyl (C=O) groups excluding carboxylic acids is 2. The number of anilines is 1. The molecule has 1 aliphatic rings. The van der Waals surface area contributed by atoms with Crippen molar-refractivity contribution in [2.24, 2.45) is 0 Å². The number of likely N-dealkylation sites (N-methyl/N-ethyl adjacent to an activating group) is 1. The predicted molar refractivity (Wildman–Crippen MR) is 85.3 cm³/mol. The smallest absolute Gasteiger partial charge is 0.244 e. The molecule has 0 atom stereocenters. The zero-order chi connectivity index (χ0) is 14.7. The van der Waals surface area contributed by atoms with Crippen LogP contribution in [0, 0.1) is 0 Å². The lowest BCUT2D eigenvalue weighted by Crippen LogP contribution is -2.25. The Morgan fingerprint density at radius 2 is 2.05 bits per heavy atom. The fraction of sp³-hybridized carbons (Fsp3) is 0.214. The molecule has 0 N–H and O–H groups in total. The molecule has 1 amide bonds. The minimum Gasteiger partial charge on any atom is -0.300 e. The summed E-state index contributed by atoms with van der Waals surface area (Å²) >= 11 is 6.35. The van der Waals surface area contributed by atoms with Crippen molar-refractivity contribution in [3.63, 3.8) is 0 Å². The number of amides is 1. The molecule has 104 valence electrons. The van der Waals surface area contributed by atoms with E-state index < -0.39 is 0 Å². The maximum Gasteiger partial charge on any atom is 0.244 e. The van der Waals surface area contributed by atoms with Crippen molar-refractivity contribution >= 4 is 45.9 Å². The van der Waals surface area contributed by atoms with E-state index in [-0.39, 0.29) is 11.0 Å². The number of nitrogens with zero attached hydrogens (tertiary/aromatic N) is 2. The number of para-hydroxylation sites is 1. The fourth-order valence-electron chi connectivity index (χ4n) is 1.79. The van der Waals surface area contributed by atoms with Crippen LogP contribution in [0.3, 0.4) is 0 Å². The first-order valence-electron chi connectivity index (χ1n) is 6.15. The van der Waals surface area contributed by atoms with Crippen LogP contribution in [-0.2, 0) is 9.59 Å². The molecule has 4 nitrogen and oxygen atoms in total. The van der Waals surface area contributed by atoms with Crippen LogP contribution in [0.25, 0.3) is 0 Å². The zero-order valence-corrected chi connectivity index (χ0v) is 12.8. The first kappa shape index (κ1) is 14.7. The lowest BCUT2D eigenvalue weighted by atomic mass is 10.2. The van der Waals surface area contributed by atoms with E-state index in [4.69, 9.17) is 12.2 Å². The molecule has 1 heterocycles. The van der Waals surface area contributed by atoms with Crippen LogP contribution in [0.15, 0.2) is 42.1 Å². The van der Waals surface area contributed by atoms with Crippen LogP contribution in [0.4, 0.5) is 5.69 Å². The molecule has 1 aromatic carbocycles. The molecular weight excluding hydrogens is 292 g/mol. The van der Waals surface area contributed by atoms with Gasteiger partial charge in [-0.1, -0.05) is 30.4 Å². The highest BCUT2D eigenvalue weighted by atomic mass is 32.2. The van der Waals surface area contributed by atoms with Crippen LogP contribution >= 0.6 is 24.2 Å². The summed E-state index contributed by atoms with van der Waals surface area (Å²) in [7, 11) is 0. The number of carbonyl (C=O) groups is 2. The standard InChI is InChI=1S/C14H14N2O2S2/c1-3-16-13(19)12(14(18)20-16)9-15(10(2)17)11-7-5-4-6-8-11/h4-9H,3H2,1-2H3/b12-9+. The number of benzene rings is 1. The summed E-state index contributed by atoms with van der Waals surface area (Å²) in [5, 5.41) is -0.126. The molecule has 6 heteroatoms. The van der Waals surface area contributed by atoms with Gasteiger partial charge in [0, 0.05) is 37.3 Å². The van der Waals surface area contributed by atoms with E-state index in [0.29, 0.717) is 22.8 Å². The van der Waals surface area contributed by atoms with Gasteiger partial charge in [0.2, 0.25) is 11.0 Å². The van der Waals surface area contributed by atoms with Crippen molar-refractivity contribution in [3.8, 4) is 0 Å². The van der Waals surface area contributed by atoms with Crippen LogP contribution in [0.5, 0.6) is 0 Å². The lowest BCUT2D eigenvalue weighted by molar-refractivity contribution is -0.116. The molecular formula is C14H14N2O2S2. The van der Waals surface area contributed by atoms with Crippen molar-refractivity contribution in [2.75, 3.05) is 11.4 Å². The minimum atomic E-state index is -0.167. The Morgan fingerprint density at radius 1 is 1.40 bits per heavy atom. The minimum absolute atomic E-state index is 0.126. The SMILES string of the molecule is CCN1SC(=O)/C(=C/N(C(C)=O)c2ccccc2)C1=S. The molecule has 1 aromatic rings. The van der Waals surface area contributed by atoms with Crippen LogP contribution < -0.4 is 4.90 Å². The average Bonchev–Trinajstić information content (AvgIpc) is 2.71. The van der Waals surface area contributed by atoms with E-state index in [1.54, 1.807) is 4.31 Å². The Morgan fingerprint density at radius 3 is 2.55 bits per heavy atom. The second-order valence-electron chi connectivity index (χ2n) is 4.15. The molecule has 2 rings (SSSR count). The first-order chi connectivity index (χ1) is 9.54. The molecule has 0 radical (unpaired) electrons. The van der Waals surface area contributed by atoms with Gasteiger partial charge in [0.15, 0.2) is 0 Å². The zero-order valence-electron chi connectivity index (χ0n) is 11.2. The van der Waals surface area contributed by atoms with Crippen molar-refractivity contribution in [1.82, 2.24) is 4.31 Å². The molecule has 0 aliphatic carbocycles. The van der Waals surface area contributed by atoms with E-state index in [2.05, 4.69) is 0 Å². The first-order valence-corrected chi connectivity index (χ1v) is 7.33. The third-order valence-corrected chi connectivity index (χ3v) is 4.39. The summed E-state index contributed by atoms with van der Waals surface area (Å²) in [6.07, 6.45) is 1.53. The van der Waals surface area contributed by atoms with E-state index in [1.807, 2.05) is 37.3 Å². The van der Waals surface area contributed by atoms with E-state index >= 15 is 0 Å². The van der Waals surface area contributed by atoms with Gasteiger partial charge in [-0.05, 0) is 19.1 Å². The second-order valence-corrected chi connectivity index (χ2v) is 5.53. The predicted octanol–water partition coefficient (Wildman–Crippen LogP) is 2.76. The Labute approximate surface area is 127 Å². The van der Waals surface area contributed by atoms with Gasteiger partial charge in [-0.3, -0.25) is 18.8 Å². The summed E-state index contributed by atoms with van der Waals surface area (Å²) in [6, 6.07) is 9.17. The maximum absolute atomic E-state index is 12.0. The van der Waals surface area contributed by atoms with E-state index in [0.717, 1.165) is 11.9 Å². The highest BCUT2D eigenvalue weighted by molar-refractivity contribution is 8.14. The van der Waals surface area contributed by atoms with Gasteiger partial charge in [-0.2, -0.15) is 0 Å². The highest BCUT2D eigenvalue weighted by Crippen LogP contribution is 2.30. The number of thiocarbonyl (C=S) groups is 1. The van der Waals surface area contributed by atoms with Crippen LogP contribution in [0.1, 0.15) is 13.8 Å². The van der Waals surface area contributed by atoms with Crippen LogP contribution in [-0.4, -0.2) is 26.9 Å². The lowest BCUT2D eigenvalue weighted by Gasteiger charge is -2.17. The van der Waals surface area contributed by atoms with Gasteiger partial charge >= 0.3 is 0 Å². The van der Waals surface area contributed by atoms with Gasteiger partial charge < -0.3 is 0 Å². The Balaban J connectivity index is 2.38. The maximum atomic E-state index is 12.0. The Hall–Kier alpha value is -1.66. The molecule has 0 aromatic heterocycles. The molecule has 1 fully saturated rings. The number of hydrogen-bond acceptors (Lipinski definition) is 4. The topological polar surface area (TPSA) is 40.6 Å². The summed E-state index contributed by atoms with van der Waals surface area (Å²) in [5.74, 6) is -0.167. The number of hydrogen-bond donors (Lipinski definition) is 0. The van der Waals surface area contributed by atoms with Crippen molar-refractivity contribution in [2.45, 2.75) is 13.8 Å².